The van der Waals surface area contributed by atoms with Gasteiger partial charge in [-0.3, -0.25) is 0 Å². The summed E-state index contributed by atoms with van der Waals surface area (Å²) in [6.07, 6.45) is 11.5. The molecule has 2 aromatic heterocycles. The van der Waals surface area contributed by atoms with Gasteiger partial charge >= 0.3 is 0 Å². The summed E-state index contributed by atoms with van der Waals surface area (Å²) in [5, 5.41) is 0. The summed E-state index contributed by atoms with van der Waals surface area (Å²) < 4.78 is 9.68. The molecule has 3 rings (SSSR count). The van der Waals surface area contributed by atoms with E-state index in [-0.39, 0.29) is 6.04 Å². The fourth-order valence-corrected chi connectivity index (χ4v) is 2.72. The summed E-state index contributed by atoms with van der Waals surface area (Å²) in [5.41, 5.74) is 7.47. The van der Waals surface area contributed by atoms with Gasteiger partial charge in [0.2, 0.25) is 0 Å². The second-order valence-corrected chi connectivity index (χ2v) is 5.32. The van der Waals surface area contributed by atoms with Crippen LogP contribution in [0.25, 0.3) is 0 Å². The van der Waals surface area contributed by atoms with Crippen LogP contribution in [-0.2, 0) is 17.8 Å². The third kappa shape index (κ3) is 2.91. The molecular weight excluding hydrogens is 254 g/mol. The average molecular weight is 275 g/mol. The first kappa shape index (κ1) is 13.3. The largest absolute Gasteiger partial charge is 0.381 e. The van der Waals surface area contributed by atoms with Crippen molar-refractivity contribution >= 4 is 0 Å². The monoisotopic (exact) mass is 275 g/mol. The van der Waals surface area contributed by atoms with Crippen LogP contribution in [0.2, 0.25) is 0 Å². The number of imidazole rings is 2. The SMILES string of the molecule is NC(c1cncn1CCCn1ccnc1)C1CCOC1. The Hall–Kier alpha value is -1.66. The molecule has 0 amide bonds. The van der Waals surface area contributed by atoms with Crippen LogP contribution in [0.5, 0.6) is 0 Å². The normalized spacial score (nSPS) is 20.4. The third-order valence-electron chi connectivity index (χ3n) is 3.93. The molecule has 0 aromatic carbocycles. The molecule has 0 bridgehead atoms. The van der Waals surface area contributed by atoms with Crippen molar-refractivity contribution in [1.82, 2.24) is 19.1 Å². The molecule has 2 N–H and O–H groups in total. The lowest BCUT2D eigenvalue weighted by molar-refractivity contribution is 0.180. The van der Waals surface area contributed by atoms with Crippen LogP contribution in [-0.4, -0.2) is 32.3 Å². The van der Waals surface area contributed by atoms with E-state index in [4.69, 9.17) is 10.5 Å². The van der Waals surface area contributed by atoms with Gasteiger partial charge in [0, 0.05) is 44.2 Å². The van der Waals surface area contributed by atoms with Gasteiger partial charge in [0.05, 0.1) is 31.0 Å². The second-order valence-electron chi connectivity index (χ2n) is 5.32. The molecule has 1 fully saturated rings. The van der Waals surface area contributed by atoms with E-state index in [9.17, 15) is 0 Å². The van der Waals surface area contributed by atoms with Crippen LogP contribution >= 0.6 is 0 Å². The maximum Gasteiger partial charge on any atom is 0.0948 e. The van der Waals surface area contributed by atoms with E-state index in [0.29, 0.717) is 5.92 Å². The van der Waals surface area contributed by atoms with Crippen molar-refractivity contribution in [3.05, 3.63) is 36.9 Å². The molecule has 2 unspecified atom stereocenters. The van der Waals surface area contributed by atoms with Gasteiger partial charge in [-0.25, -0.2) is 9.97 Å². The zero-order chi connectivity index (χ0) is 13.8. The van der Waals surface area contributed by atoms with Crippen molar-refractivity contribution < 1.29 is 4.74 Å². The Morgan fingerprint density at radius 3 is 3.05 bits per heavy atom. The topological polar surface area (TPSA) is 70.9 Å². The fraction of sp³-hybridized carbons (Fsp3) is 0.571. The zero-order valence-corrected chi connectivity index (χ0v) is 11.6. The molecule has 6 nitrogen and oxygen atoms in total. The van der Waals surface area contributed by atoms with E-state index in [1.165, 1.54) is 0 Å². The van der Waals surface area contributed by atoms with Crippen LogP contribution in [0.3, 0.4) is 0 Å². The van der Waals surface area contributed by atoms with Crippen LogP contribution in [0.15, 0.2) is 31.2 Å². The van der Waals surface area contributed by atoms with Crippen LogP contribution in [0.4, 0.5) is 0 Å². The summed E-state index contributed by atoms with van der Waals surface area (Å²) in [6, 6.07) is 0.0215. The quantitative estimate of drug-likeness (QED) is 0.860. The van der Waals surface area contributed by atoms with Crippen molar-refractivity contribution in [2.24, 2.45) is 11.7 Å². The summed E-state index contributed by atoms with van der Waals surface area (Å²) in [7, 11) is 0. The minimum Gasteiger partial charge on any atom is -0.381 e. The minimum atomic E-state index is 0.0215. The van der Waals surface area contributed by atoms with Gasteiger partial charge in [-0.15, -0.1) is 0 Å². The van der Waals surface area contributed by atoms with Gasteiger partial charge in [-0.1, -0.05) is 0 Å². The highest BCUT2D eigenvalue weighted by molar-refractivity contribution is 5.07. The molecule has 0 spiro atoms. The predicted molar refractivity (Wildman–Crippen MR) is 74.9 cm³/mol. The van der Waals surface area contributed by atoms with E-state index >= 15 is 0 Å². The highest BCUT2D eigenvalue weighted by atomic mass is 16.5. The lowest BCUT2D eigenvalue weighted by atomic mass is 9.97. The number of hydrogen-bond acceptors (Lipinski definition) is 4. The van der Waals surface area contributed by atoms with E-state index in [0.717, 1.165) is 44.8 Å². The minimum absolute atomic E-state index is 0.0215. The summed E-state index contributed by atoms with van der Waals surface area (Å²) >= 11 is 0. The summed E-state index contributed by atoms with van der Waals surface area (Å²) in [5.74, 6) is 0.416. The second kappa shape index (κ2) is 6.19. The maximum atomic E-state index is 6.36. The van der Waals surface area contributed by atoms with Gasteiger partial charge in [0.25, 0.3) is 0 Å². The van der Waals surface area contributed by atoms with E-state index < -0.39 is 0 Å². The van der Waals surface area contributed by atoms with Gasteiger partial charge in [0.1, 0.15) is 0 Å². The number of hydrogen-bond donors (Lipinski definition) is 1. The Morgan fingerprint density at radius 1 is 1.35 bits per heavy atom. The fourth-order valence-electron chi connectivity index (χ4n) is 2.72. The number of ether oxygens (including phenoxy) is 1. The summed E-state index contributed by atoms with van der Waals surface area (Å²) in [4.78, 5) is 8.30. The molecule has 108 valence electrons. The predicted octanol–water partition coefficient (Wildman–Crippen LogP) is 1.21. The summed E-state index contributed by atoms with van der Waals surface area (Å²) in [6.45, 7) is 3.47. The van der Waals surface area contributed by atoms with Crippen LogP contribution in [0, 0.1) is 5.92 Å². The van der Waals surface area contributed by atoms with Crippen molar-refractivity contribution in [2.75, 3.05) is 13.2 Å². The lowest BCUT2D eigenvalue weighted by Crippen LogP contribution is -2.24. The highest BCUT2D eigenvalue weighted by Gasteiger charge is 2.26. The van der Waals surface area contributed by atoms with Crippen LogP contribution < -0.4 is 5.73 Å². The molecular formula is C14H21N5O. The number of aryl methyl sites for hydroxylation is 2. The molecule has 1 aliphatic rings. The first-order valence-corrected chi connectivity index (χ1v) is 7.13. The standard InChI is InChI=1S/C14H21N5O/c15-14(12-2-7-20-9-12)13-8-17-11-19(13)5-1-4-18-6-3-16-10-18/h3,6,8,10-12,14H,1-2,4-5,7,9,15H2. The van der Waals surface area contributed by atoms with Gasteiger partial charge < -0.3 is 19.6 Å². The number of nitrogens with zero attached hydrogens (tertiary/aromatic N) is 4. The third-order valence-corrected chi connectivity index (χ3v) is 3.93. The number of rotatable bonds is 6. The Balaban J connectivity index is 1.58. The molecule has 20 heavy (non-hydrogen) atoms. The number of nitrogens with two attached hydrogens (primary N) is 1. The van der Waals surface area contributed by atoms with Crippen molar-refractivity contribution in [3.8, 4) is 0 Å². The molecule has 0 saturated carbocycles. The molecule has 0 aliphatic carbocycles. The van der Waals surface area contributed by atoms with Crippen molar-refractivity contribution in [1.29, 1.82) is 0 Å². The van der Waals surface area contributed by atoms with Crippen molar-refractivity contribution in [2.45, 2.75) is 32.0 Å². The Kier molecular flexibility index (Phi) is 4.13. The molecule has 1 aliphatic heterocycles. The first-order valence-electron chi connectivity index (χ1n) is 7.13. The van der Waals surface area contributed by atoms with Gasteiger partial charge in [-0.05, 0) is 12.8 Å². The average Bonchev–Trinajstić information content (AvgIpc) is 3.21. The molecule has 6 heteroatoms. The molecule has 3 heterocycles. The Morgan fingerprint density at radius 2 is 2.30 bits per heavy atom. The van der Waals surface area contributed by atoms with E-state index in [1.807, 2.05) is 25.0 Å². The van der Waals surface area contributed by atoms with Crippen molar-refractivity contribution in [3.63, 3.8) is 0 Å². The Labute approximate surface area is 118 Å². The Bertz CT molecular complexity index is 515. The molecule has 0 radical (unpaired) electrons. The molecule has 2 aromatic rings. The maximum absolute atomic E-state index is 6.36. The lowest BCUT2D eigenvalue weighted by Gasteiger charge is -2.19. The van der Waals surface area contributed by atoms with Gasteiger partial charge in [0.15, 0.2) is 0 Å². The smallest absolute Gasteiger partial charge is 0.0948 e. The highest BCUT2D eigenvalue weighted by Crippen LogP contribution is 2.26. The zero-order valence-electron chi connectivity index (χ0n) is 11.6. The first-order chi connectivity index (χ1) is 9.84. The van der Waals surface area contributed by atoms with E-state index in [1.54, 1.807) is 6.20 Å². The number of aromatic nitrogens is 4. The van der Waals surface area contributed by atoms with Crippen LogP contribution in [0.1, 0.15) is 24.6 Å². The molecule has 1 saturated heterocycles. The van der Waals surface area contributed by atoms with Gasteiger partial charge in [-0.2, -0.15) is 0 Å². The molecule has 2 atom stereocenters. The van der Waals surface area contributed by atoms with E-state index in [2.05, 4.69) is 19.1 Å².